The molecular formula is C8H7BrN2O. The molecule has 2 rings (SSSR count). The highest BCUT2D eigenvalue weighted by Crippen LogP contribution is 2.30. The van der Waals surface area contributed by atoms with Crippen LogP contribution in [0.2, 0.25) is 0 Å². The van der Waals surface area contributed by atoms with Crippen LogP contribution in [0.25, 0.3) is 0 Å². The third kappa shape index (κ3) is 0.948. The Morgan fingerprint density at radius 3 is 3.08 bits per heavy atom. The van der Waals surface area contributed by atoms with Gasteiger partial charge >= 0.3 is 0 Å². The summed E-state index contributed by atoms with van der Waals surface area (Å²) in [6.07, 6.45) is 2.15. The van der Waals surface area contributed by atoms with Gasteiger partial charge in [0.2, 0.25) is 5.91 Å². The number of carbonyl (C=O) groups excluding carboxylic acids is 1. The third-order valence-corrected chi connectivity index (χ3v) is 2.74. The molecule has 1 aromatic heterocycles. The van der Waals surface area contributed by atoms with E-state index in [0.29, 0.717) is 6.42 Å². The molecule has 0 fully saturated rings. The smallest absolute Gasteiger partial charge is 0.232 e. The summed E-state index contributed by atoms with van der Waals surface area (Å²) in [5.41, 5.74) is 0.991. The number of likely N-dealkylation sites (N-methyl/N-ethyl adjacent to an activating group) is 1. The van der Waals surface area contributed by atoms with Crippen molar-refractivity contribution in [2.75, 3.05) is 11.9 Å². The standard InChI is InChI=1S/C8H7BrN2O/c1-11-7(12)4-5-6(9)2-3-10-8(5)11/h2-3H,4H2,1H3. The maximum Gasteiger partial charge on any atom is 0.232 e. The molecule has 3 nitrogen and oxygen atoms in total. The van der Waals surface area contributed by atoms with Crippen molar-refractivity contribution in [1.29, 1.82) is 0 Å². The summed E-state index contributed by atoms with van der Waals surface area (Å²) in [7, 11) is 1.74. The monoisotopic (exact) mass is 226 g/mol. The number of fused-ring (bicyclic) bond motifs is 1. The van der Waals surface area contributed by atoms with E-state index in [9.17, 15) is 4.79 Å². The Morgan fingerprint density at radius 2 is 2.42 bits per heavy atom. The van der Waals surface area contributed by atoms with Gasteiger partial charge in [0.15, 0.2) is 0 Å². The fourth-order valence-corrected chi connectivity index (χ4v) is 1.73. The summed E-state index contributed by atoms with van der Waals surface area (Å²) in [4.78, 5) is 17.0. The minimum Gasteiger partial charge on any atom is -0.299 e. The van der Waals surface area contributed by atoms with Crippen LogP contribution in [0.4, 0.5) is 5.82 Å². The van der Waals surface area contributed by atoms with E-state index in [1.807, 2.05) is 6.07 Å². The predicted molar refractivity (Wildman–Crippen MR) is 49.1 cm³/mol. The molecule has 62 valence electrons. The van der Waals surface area contributed by atoms with Crippen molar-refractivity contribution in [3.8, 4) is 0 Å². The van der Waals surface area contributed by atoms with Gasteiger partial charge in [0.05, 0.1) is 6.42 Å². The molecule has 4 heteroatoms. The van der Waals surface area contributed by atoms with Crippen LogP contribution in [0.5, 0.6) is 0 Å². The fraction of sp³-hybridized carbons (Fsp3) is 0.250. The van der Waals surface area contributed by atoms with Gasteiger partial charge in [-0.05, 0) is 6.07 Å². The Labute approximate surface area is 78.5 Å². The second kappa shape index (κ2) is 2.55. The molecule has 0 saturated heterocycles. The van der Waals surface area contributed by atoms with Crippen LogP contribution in [0.1, 0.15) is 5.56 Å². The number of halogens is 1. The van der Waals surface area contributed by atoms with Crippen LogP contribution in [0.15, 0.2) is 16.7 Å². The Hall–Kier alpha value is -0.900. The van der Waals surface area contributed by atoms with Crippen LogP contribution in [0.3, 0.4) is 0 Å². The lowest BCUT2D eigenvalue weighted by molar-refractivity contribution is -0.117. The zero-order valence-electron chi connectivity index (χ0n) is 6.54. The largest absolute Gasteiger partial charge is 0.299 e. The molecule has 0 aromatic carbocycles. The van der Waals surface area contributed by atoms with Crippen molar-refractivity contribution in [1.82, 2.24) is 4.98 Å². The van der Waals surface area contributed by atoms with Crippen LogP contribution < -0.4 is 4.90 Å². The van der Waals surface area contributed by atoms with E-state index in [4.69, 9.17) is 0 Å². The molecule has 0 aliphatic carbocycles. The van der Waals surface area contributed by atoms with Gasteiger partial charge in [-0.2, -0.15) is 0 Å². The van der Waals surface area contributed by atoms with E-state index in [1.165, 1.54) is 0 Å². The SMILES string of the molecule is CN1C(=O)Cc2c(Br)ccnc21. The van der Waals surface area contributed by atoms with Crippen LogP contribution >= 0.6 is 15.9 Å². The normalized spacial score (nSPS) is 15.2. The fourth-order valence-electron chi connectivity index (χ4n) is 1.30. The lowest BCUT2D eigenvalue weighted by Gasteiger charge is -2.07. The van der Waals surface area contributed by atoms with Gasteiger partial charge in [-0.25, -0.2) is 4.98 Å². The van der Waals surface area contributed by atoms with Gasteiger partial charge in [0, 0.05) is 23.3 Å². The average Bonchev–Trinajstić information content (AvgIpc) is 2.32. The number of hydrogen-bond donors (Lipinski definition) is 0. The molecule has 1 aromatic rings. The van der Waals surface area contributed by atoms with Crippen molar-refractivity contribution >= 4 is 27.7 Å². The summed E-state index contributed by atoms with van der Waals surface area (Å²) < 4.78 is 0.963. The summed E-state index contributed by atoms with van der Waals surface area (Å²) in [5.74, 6) is 0.874. The Bertz CT molecular complexity index is 351. The molecule has 0 spiro atoms. The number of carbonyl (C=O) groups is 1. The lowest BCUT2D eigenvalue weighted by Crippen LogP contribution is -2.21. The predicted octanol–water partition coefficient (Wildman–Crippen LogP) is 1.36. The van der Waals surface area contributed by atoms with Gasteiger partial charge < -0.3 is 0 Å². The molecule has 1 amide bonds. The van der Waals surface area contributed by atoms with Crippen molar-refractivity contribution in [2.45, 2.75) is 6.42 Å². The highest BCUT2D eigenvalue weighted by atomic mass is 79.9. The number of pyridine rings is 1. The first-order valence-electron chi connectivity index (χ1n) is 3.60. The molecule has 0 unspecified atom stereocenters. The van der Waals surface area contributed by atoms with Crippen LogP contribution in [0, 0.1) is 0 Å². The van der Waals surface area contributed by atoms with Crippen molar-refractivity contribution in [3.63, 3.8) is 0 Å². The summed E-state index contributed by atoms with van der Waals surface area (Å²) in [6.45, 7) is 0. The van der Waals surface area contributed by atoms with Crippen molar-refractivity contribution < 1.29 is 4.79 Å². The molecule has 0 radical (unpaired) electrons. The number of aromatic nitrogens is 1. The van der Waals surface area contributed by atoms with Gasteiger partial charge in [-0.1, -0.05) is 15.9 Å². The van der Waals surface area contributed by atoms with E-state index in [-0.39, 0.29) is 5.91 Å². The zero-order valence-corrected chi connectivity index (χ0v) is 8.13. The summed E-state index contributed by atoms with van der Waals surface area (Å²) in [6, 6.07) is 1.85. The molecular weight excluding hydrogens is 220 g/mol. The second-order valence-electron chi connectivity index (χ2n) is 2.72. The first-order valence-corrected chi connectivity index (χ1v) is 4.39. The number of anilines is 1. The van der Waals surface area contributed by atoms with E-state index in [2.05, 4.69) is 20.9 Å². The summed E-state index contributed by atoms with van der Waals surface area (Å²) >= 11 is 3.38. The Balaban J connectivity index is 2.60. The lowest BCUT2D eigenvalue weighted by atomic mass is 10.2. The minimum absolute atomic E-state index is 0.101. The van der Waals surface area contributed by atoms with Crippen molar-refractivity contribution in [3.05, 3.63) is 22.3 Å². The van der Waals surface area contributed by atoms with E-state index >= 15 is 0 Å². The minimum atomic E-state index is 0.101. The van der Waals surface area contributed by atoms with E-state index in [0.717, 1.165) is 15.9 Å². The maximum absolute atomic E-state index is 11.2. The molecule has 1 aliphatic heterocycles. The highest BCUT2D eigenvalue weighted by molar-refractivity contribution is 9.10. The van der Waals surface area contributed by atoms with Crippen molar-refractivity contribution in [2.24, 2.45) is 0 Å². The molecule has 0 N–H and O–H groups in total. The highest BCUT2D eigenvalue weighted by Gasteiger charge is 2.26. The average molecular weight is 227 g/mol. The molecule has 0 saturated carbocycles. The topological polar surface area (TPSA) is 33.2 Å². The Kier molecular flexibility index (Phi) is 1.65. The third-order valence-electron chi connectivity index (χ3n) is 2.00. The molecule has 12 heavy (non-hydrogen) atoms. The van der Waals surface area contributed by atoms with Gasteiger partial charge in [-0.15, -0.1) is 0 Å². The number of nitrogens with zero attached hydrogens (tertiary/aromatic N) is 2. The van der Waals surface area contributed by atoms with E-state index in [1.54, 1.807) is 18.1 Å². The summed E-state index contributed by atoms with van der Waals surface area (Å²) in [5, 5.41) is 0. The maximum atomic E-state index is 11.2. The van der Waals surface area contributed by atoms with Crippen LogP contribution in [-0.2, 0) is 11.2 Å². The quantitative estimate of drug-likeness (QED) is 0.670. The molecule has 1 aliphatic rings. The van der Waals surface area contributed by atoms with E-state index < -0.39 is 0 Å². The van der Waals surface area contributed by atoms with Gasteiger partial charge in [0.25, 0.3) is 0 Å². The zero-order chi connectivity index (χ0) is 8.72. The first kappa shape index (κ1) is 7.73. The number of hydrogen-bond acceptors (Lipinski definition) is 2. The Morgan fingerprint density at radius 1 is 1.67 bits per heavy atom. The number of amides is 1. The van der Waals surface area contributed by atoms with Crippen LogP contribution in [-0.4, -0.2) is 17.9 Å². The van der Waals surface area contributed by atoms with Gasteiger partial charge in [-0.3, -0.25) is 9.69 Å². The molecule has 0 atom stereocenters. The number of rotatable bonds is 0. The van der Waals surface area contributed by atoms with Gasteiger partial charge in [0.1, 0.15) is 5.82 Å². The molecule has 2 heterocycles. The first-order chi connectivity index (χ1) is 5.70. The molecule has 0 bridgehead atoms. The second-order valence-corrected chi connectivity index (χ2v) is 3.58.